The predicted octanol–water partition coefficient (Wildman–Crippen LogP) is 2.26. The molecule has 2 saturated carbocycles. The molecule has 2 bridgehead atoms. The lowest BCUT2D eigenvalue weighted by atomic mass is 9.73. The molecule has 2 N–H and O–H groups in total. The average Bonchev–Trinajstić information content (AvgIpc) is 3.33. The summed E-state index contributed by atoms with van der Waals surface area (Å²) in [6.45, 7) is 0. The molecule has 0 radical (unpaired) electrons. The molecule has 3 aliphatic rings. The van der Waals surface area contributed by atoms with E-state index in [4.69, 9.17) is 5.14 Å². The Balaban J connectivity index is 1.46. The van der Waals surface area contributed by atoms with Crippen molar-refractivity contribution in [3.63, 3.8) is 0 Å². The summed E-state index contributed by atoms with van der Waals surface area (Å²) in [5, 5.41) is 5.13. The van der Waals surface area contributed by atoms with Crippen LogP contribution in [0, 0.1) is 23.7 Å². The van der Waals surface area contributed by atoms with E-state index in [1.54, 1.807) is 0 Å². The number of fused-ring (bicyclic) bond motifs is 5. The van der Waals surface area contributed by atoms with Gasteiger partial charge in [0.15, 0.2) is 0 Å². The monoisotopic (exact) mass is 396 g/mol. The van der Waals surface area contributed by atoms with Crippen LogP contribution in [0.4, 0.5) is 5.69 Å². The van der Waals surface area contributed by atoms with Crippen molar-refractivity contribution in [3.8, 4) is 0 Å². The first-order chi connectivity index (χ1) is 13.4. The fourth-order valence-electron chi connectivity index (χ4n) is 5.58. The van der Waals surface area contributed by atoms with E-state index in [2.05, 4.69) is 12.1 Å². The number of nitrogens with zero attached hydrogens (tertiary/aromatic N) is 1. The second-order valence-electron chi connectivity index (χ2n) is 8.01. The van der Waals surface area contributed by atoms with E-state index in [0.717, 1.165) is 12.8 Å². The van der Waals surface area contributed by atoms with Gasteiger partial charge in [-0.1, -0.05) is 30.3 Å². The van der Waals surface area contributed by atoms with Crippen LogP contribution >= 0.6 is 0 Å². The molecule has 144 valence electrons. The lowest BCUT2D eigenvalue weighted by Gasteiger charge is -2.28. The predicted molar refractivity (Wildman–Crippen MR) is 103 cm³/mol. The molecule has 5 rings (SSSR count). The molecule has 2 amide bonds. The molecule has 3 fully saturated rings. The van der Waals surface area contributed by atoms with E-state index in [1.165, 1.54) is 34.7 Å². The quantitative estimate of drug-likeness (QED) is 0.805. The Hall–Kier alpha value is -2.51. The third-order valence-corrected chi connectivity index (χ3v) is 7.60. The van der Waals surface area contributed by atoms with E-state index < -0.39 is 10.0 Å². The van der Waals surface area contributed by atoms with Gasteiger partial charge in [0.1, 0.15) is 0 Å². The van der Waals surface area contributed by atoms with Gasteiger partial charge in [-0.3, -0.25) is 14.5 Å². The minimum absolute atomic E-state index is 0.0419. The van der Waals surface area contributed by atoms with Gasteiger partial charge in [0.25, 0.3) is 0 Å². The average molecular weight is 396 g/mol. The number of carbonyl (C=O) groups is 2. The molecule has 2 aromatic rings. The number of imide groups is 1. The lowest BCUT2D eigenvalue weighted by Crippen LogP contribution is -2.33. The van der Waals surface area contributed by atoms with Crippen molar-refractivity contribution < 1.29 is 18.0 Å². The highest BCUT2D eigenvalue weighted by atomic mass is 32.2. The molecule has 7 heteroatoms. The largest absolute Gasteiger partial charge is 0.274 e. The Morgan fingerprint density at radius 3 is 2.14 bits per heavy atom. The van der Waals surface area contributed by atoms with E-state index in [-0.39, 0.29) is 40.4 Å². The molecular weight excluding hydrogens is 376 g/mol. The van der Waals surface area contributed by atoms with Crippen molar-refractivity contribution in [2.24, 2.45) is 28.8 Å². The van der Waals surface area contributed by atoms with Crippen LogP contribution in [0.15, 0.2) is 59.5 Å². The highest BCUT2D eigenvalue weighted by Gasteiger charge is 2.64. The molecule has 0 spiro atoms. The van der Waals surface area contributed by atoms with Gasteiger partial charge in [0, 0.05) is 0 Å². The molecule has 0 aromatic heterocycles. The molecule has 2 aromatic carbocycles. The van der Waals surface area contributed by atoms with Crippen molar-refractivity contribution in [1.82, 2.24) is 0 Å². The molecule has 5 atom stereocenters. The van der Waals surface area contributed by atoms with Crippen molar-refractivity contribution in [1.29, 1.82) is 0 Å². The minimum Gasteiger partial charge on any atom is -0.274 e. The van der Waals surface area contributed by atoms with Gasteiger partial charge in [0.05, 0.1) is 22.4 Å². The highest BCUT2D eigenvalue weighted by molar-refractivity contribution is 7.89. The topological polar surface area (TPSA) is 97.5 Å². The van der Waals surface area contributed by atoms with Gasteiger partial charge >= 0.3 is 0 Å². The van der Waals surface area contributed by atoms with Crippen LogP contribution < -0.4 is 10.0 Å². The van der Waals surface area contributed by atoms with E-state index >= 15 is 0 Å². The summed E-state index contributed by atoms with van der Waals surface area (Å²) in [6.07, 6.45) is 1.86. The Bertz CT molecular complexity index is 1070. The SMILES string of the molecule is NS(=O)(=O)c1ccc(N2C(=O)[C@@H]3C4CC(CC4c4ccccc4)[C@@H]3C2=O)cc1. The molecule has 2 aliphatic carbocycles. The van der Waals surface area contributed by atoms with Crippen LogP contribution in [0.5, 0.6) is 0 Å². The van der Waals surface area contributed by atoms with Crippen LogP contribution in [0.2, 0.25) is 0 Å². The van der Waals surface area contributed by atoms with Crippen LogP contribution in [-0.2, 0) is 19.6 Å². The minimum atomic E-state index is -3.82. The third-order valence-electron chi connectivity index (χ3n) is 6.67. The van der Waals surface area contributed by atoms with Crippen molar-refractivity contribution in [3.05, 3.63) is 60.2 Å². The first kappa shape index (κ1) is 17.6. The number of anilines is 1. The summed E-state index contributed by atoms with van der Waals surface area (Å²) >= 11 is 0. The van der Waals surface area contributed by atoms with E-state index in [1.807, 2.05) is 18.2 Å². The van der Waals surface area contributed by atoms with Crippen LogP contribution in [-0.4, -0.2) is 20.2 Å². The summed E-state index contributed by atoms with van der Waals surface area (Å²) in [5.41, 5.74) is 1.65. The summed E-state index contributed by atoms with van der Waals surface area (Å²) in [7, 11) is -3.82. The molecule has 28 heavy (non-hydrogen) atoms. The maximum Gasteiger partial charge on any atom is 0.238 e. The van der Waals surface area contributed by atoms with Crippen molar-refractivity contribution >= 4 is 27.5 Å². The molecular formula is C21H20N2O4S. The van der Waals surface area contributed by atoms with E-state index in [0.29, 0.717) is 11.6 Å². The van der Waals surface area contributed by atoms with Gasteiger partial charge < -0.3 is 0 Å². The number of rotatable bonds is 3. The number of hydrogen-bond donors (Lipinski definition) is 1. The summed E-state index contributed by atoms with van der Waals surface area (Å²) in [6, 6.07) is 15.8. The lowest BCUT2D eigenvalue weighted by molar-refractivity contribution is -0.123. The standard InChI is InChI=1S/C21H20N2O4S/c22-28(26,27)15-8-6-14(7-9-15)23-20(24)18-13-10-16(12-4-2-1-3-5-12)17(11-13)19(18)21(23)25/h1-9,13,16-19H,10-11H2,(H2,22,26,27)/t13?,16?,17?,18-,19+/m0/s1. The highest BCUT2D eigenvalue weighted by Crippen LogP contribution is 2.61. The zero-order chi connectivity index (χ0) is 19.6. The first-order valence-electron chi connectivity index (χ1n) is 9.42. The van der Waals surface area contributed by atoms with Gasteiger partial charge in [-0.15, -0.1) is 0 Å². The molecule has 1 saturated heterocycles. The maximum atomic E-state index is 13.2. The normalized spacial score (nSPS) is 31.5. The van der Waals surface area contributed by atoms with Gasteiger partial charge in [-0.2, -0.15) is 0 Å². The fraction of sp³-hybridized carbons (Fsp3) is 0.333. The van der Waals surface area contributed by atoms with Gasteiger partial charge in [-0.25, -0.2) is 13.6 Å². The summed E-state index contributed by atoms with van der Waals surface area (Å²) < 4.78 is 22.9. The Morgan fingerprint density at radius 1 is 0.857 bits per heavy atom. The second-order valence-corrected chi connectivity index (χ2v) is 9.58. The fourth-order valence-corrected chi connectivity index (χ4v) is 6.10. The van der Waals surface area contributed by atoms with E-state index in [9.17, 15) is 18.0 Å². The first-order valence-corrected chi connectivity index (χ1v) is 11.0. The van der Waals surface area contributed by atoms with Crippen LogP contribution in [0.1, 0.15) is 24.3 Å². The molecule has 6 nitrogen and oxygen atoms in total. The molecule has 1 aliphatic heterocycles. The third kappa shape index (κ3) is 2.46. The van der Waals surface area contributed by atoms with Gasteiger partial charge in [0.2, 0.25) is 21.8 Å². The number of carbonyl (C=O) groups excluding carboxylic acids is 2. The second kappa shape index (κ2) is 5.99. The number of amides is 2. The number of nitrogens with two attached hydrogens (primary N) is 1. The number of benzene rings is 2. The molecule has 1 heterocycles. The smallest absolute Gasteiger partial charge is 0.238 e. The van der Waals surface area contributed by atoms with Crippen molar-refractivity contribution in [2.75, 3.05) is 4.90 Å². The Kier molecular flexibility index (Phi) is 3.76. The number of primary sulfonamides is 1. The van der Waals surface area contributed by atoms with Crippen molar-refractivity contribution in [2.45, 2.75) is 23.7 Å². The summed E-state index contributed by atoms with van der Waals surface area (Å²) in [5.74, 6) is -0.129. The Labute approximate surface area is 163 Å². The Morgan fingerprint density at radius 2 is 1.50 bits per heavy atom. The van der Waals surface area contributed by atoms with Crippen LogP contribution in [0.3, 0.4) is 0 Å². The maximum absolute atomic E-state index is 13.2. The number of sulfonamides is 1. The number of hydrogen-bond acceptors (Lipinski definition) is 4. The summed E-state index contributed by atoms with van der Waals surface area (Å²) in [4.78, 5) is 27.5. The zero-order valence-electron chi connectivity index (χ0n) is 15.1. The van der Waals surface area contributed by atoms with Crippen LogP contribution in [0.25, 0.3) is 0 Å². The molecule has 3 unspecified atom stereocenters. The zero-order valence-corrected chi connectivity index (χ0v) is 15.9. The van der Waals surface area contributed by atoms with Gasteiger partial charge in [-0.05, 0) is 60.4 Å².